The number of nitrogen functional groups attached to an aromatic ring is 1. The first-order valence-corrected chi connectivity index (χ1v) is 7.44. The fraction of sp³-hybridized carbons (Fsp3) is 0.182. The summed E-state index contributed by atoms with van der Waals surface area (Å²) in [7, 11) is 0. The lowest BCUT2D eigenvalue weighted by atomic mass is 10.1. The number of hydrogen-bond acceptors (Lipinski definition) is 6. The number of halogens is 4. The summed E-state index contributed by atoms with van der Waals surface area (Å²) in [6.45, 7) is 0. The Kier molecular flexibility index (Phi) is 4.86. The highest BCUT2D eigenvalue weighted by Crippen LogP contribution is 2.35. The van der Waals surface area contributed by atoms with Gasteiger partial charge in [0, 0.05) is 0 Å². The van der Waals surface area contributed by atoms with Gasteiger partial charge in [0.15, 0.2) is 4.34 Å². The topological polar surface area (TPSA) is 80.9 Å². The number of hydrogen-bond donors (Lipinski definition) is 2. The molecule has 5 nitrogen and oxygen atoms in total. The zero-order valence-corrected chi connectivity index (χ0v) is 12.3. The molecule has 2 aromatic rings. The molecule has 0 spiro atoms. The predicted octanol–water partition coefficient (Wildman–Crippen LogP) is 3.01. The first-order chi connectivity index (χ1) is 10.3. The van der Waals surface area contributed by atoms with E-state index in [0.717, 1.165) is 35.2 Å². The van der Waals surface area contributed by atoms with Gasteiger partial charge in [0.1, 0.15) is 5.82 Å². The minimum absolute atomic E-state index is 0.177. The molecule has 11 heteroatoms. The average Bonchev–Trinajstić information content (AvgIpc) is 2.83. The Morgan fingerprint density at radius 2 is 2.09 bits per heavy atom. The highest BCUT2D eigenvalue weighted by Gasteiger charge is 2.34. The van der Waals surface area contributed by atoms with E-state index >= 15 is 0 Å². The van der Waals surface area contributed by atoms with Gasteiger partial charge in [-0.3, -0.25) is 4.79 Å². The van der Waals surface area contributed by atoms with Crippen molar-refractivity contribution in [1.82, 2.24) is 10.2 Å². The molecule has 3 N–H and O–H groups in total. The smallest absolute Gasteiger partial charge is 0.374 e. The third-order valence-corrected chi connectivity index (χ3v) is 4.20. The molecular formula is C11H8F4N4OS2. The lowest BCUT2D eigenvalue weighted by Crippen LogP contribution is -2.18. The Labute approximate surface area is 129 Å². The maximum absolute atomic E-state index is 12.9. The third kappa shape index (κ3) is 4.31. The number of anilines is 2. The second-order valence-corrected chi connectivity index (χ2v) is 6.16. The van der Waals surface area contributed by atoms with Crippen LogP contribution in [0.15, 0.2) is 22.5 Å². The monoisotopic (exact) mass is 352 g/mol. The van der Waals surface area contributed by atoms with E-state index in [2.05, 4.69) is 15.5 Å². The second kappa shape index (κ2) is 6.48. The number of nitrogens with zero attached hydrogens (tertiary/aromatic N) is 2. The number of nitrogens with two attached hydrogens (primary N) is 1. The van der Waals surface area contributed by atoms with Crippen molar-refractivity contribution in [3.63, 3.8) is 0 Å². The van der Waals surface area contributed by atoms with Gasteiger partial charge in [-0.1, -0.05) is 23.1 Å². The zero-order valence-electron chi connectivity index (χ0n) is 10.6. The highest BCUT2D eigenvalue weighted by atomic mass is 32.2. The van der Waals surface area contributed by atoms with E-state index in [1.807, 2.05) is 0 Å². The number of nitrogens with one attached hydrogen (secondary N) is 1. The maximum Gasteiger partial charge on any atom is 0.418 e. The van der Waals surface area contributed by atoms with E-state index in [9.17, 15) is 22.4 Å². The molecule has 0 saturated heterocycles. The number of thioether (sulfide) groups is 1. The van der Waals surface area contributed by atoms with Crippen LogP contribution >= 0.6 is 23.1 Å². The van der Waals surface area contributed by atoms with Crippen molar-refractivity contribution in [2.24, 2.45) is 0 Å². The molecule has 1 aromatic carbocycles. The Hall–Kier alpha value is -1.88. The zero-order chi connectivity index (χ0) is 16.3. The minimum atomic E-state index is -4.77. The molecule has 0 saturated carbocycles. The van der Waals surface area contributed by atoms with Crippen LogP contribution in [0.25, 0.3) is 0 Å². The van der Waals surface area contributed by atoms with Gasteiger partial charge < -0.3 is 11.1 Å². The Morgan fingerprint density at radius 3 is 2.68 bits per heavy atom. The van der Waals surface area contributed by atoms with Crippen molar-refractivity contribution in [2.75, 3.05) is 16.8 Å². The molecule has 0 bridgehead atoms. The van der Waals surface area contributed by atoms with Crippen LogP contribution in [0.4, 0.5) is 28.4 Å². The fourth-order valence-corrected chi connectivity index (χ4v) is 2.89. The summed E-state index contributed by atoms with van der Waals surface area (Å²) in [6, 6.07) is 2.03. The average molecular weight is 352 g/mol. The molecule has 1 amide bonds. The quantitative estimate of drug-likeness (QED) is 0.653. The van der Waals surface area contributed by atoms with E-state index < -0.39 is 29.2 Å². The van der Waals surface area contributed by atoms with Crippen LogP contribution in [0.2, 0.25) is 0 Å². The van der Waals surface area contributed by atoms with Gasteiger partial charge in [0.25, 0.3) is 0 Å². The normalized spacial score (nSPS) is 11.5. The van der Waals surface area contributed by atoms with Gasteiger partial charge >= 0.3 is 6.18 Å². The molecule has 0 unspecified atom stereocenters. The lowest BCUT2D eigenvalue weighted by Gasteiger charge is -2.13. The van der Waals surface area contributed by atoms with Crippen LogP contribution in [0.3, 0.4) is 0 Å². The standard InChI is InChI=1S/C11H8F4N4OS2/c12-5-1-2-7(6(3-5)11(13,14)15)17-8(20)4-21-10-19-18-9(16)22-10/h1-3H,4H2,(H2,16,18)(H,17,20). The number of aromatic nitrogens is 2. The molecule has 22 heavy (non-hydrogen) atoms. The van der Waals surface area contributed by atoms with Crippen LogP contribution in [0.5, 0.6) is 0 Å². The SMILES string of the molecule is Nc1nnc(SCC(=O)Nc2ccc(F)cc2C(F)(F)F)s1. The first kappa shape index (κ1) is 16.5. The molecule has 1 heterocycles. The summed E-state index contributed by atoms with van der Waals surface area (Å²) in [4.78, 5) is 11.7. The maximum atomic E-state index is 12.9. The van der Waals surface area contributed by atoms with Crippen molar-refractivity contribution in [1.29, 1.82) is 0 Å². The van der Waals surface area contributed by atoms with E-state index in [-0.39, 0.29) is 10.9 Å². The summed E-state index contributed by atoms with van der Waals surface area (Å²) in [5, 5.41) is 9.52. The van der Waals surface area contributed by atoms with Gasteiger partial charge in [-0.2, -0.15) is 13.2 Å². The van der Waals surface area contributed by atoms with Crippen molar-refractivity contribution in [3.8, 4) is 0 Å². The summed E-state index contributed by atoms with van der Waals surface area (Å²) in [5.41, 5.74) is 3.61. The van der Waals surface area contributed by atoms with Gasteiger partial charge in [0.05, 0.1) is 17.0 Å². The van der Waals surface area contributed by atoms with E-state index in [1.54, 1.807) is 0 Å². The molecule has 0 aliphatic rings. The molecule has 0 aliphatic carbocycles. The number of alkyl halides is 3. The Morgan fingerprint density at radius 1 is 1.36 bits per heavy atom. The van der Waals surface area contributed by atoms with E-state index in [1.165, 1.54) is 0 Å². The molecular weight excluding hydrogens is 344 g/mol. The van der Waals surface area contributed by atoms with Crippen LogP contribution < -0.4 is 11.1 Å². The lowest BCUT2D eigenvalue weighted by molar-refractivity contribution is -0.137. The third-order valence-electron chi connectivity index (χ3n) is 2.31. The second-order valence-electron chi connectivity index (χ2n) is 3.93. The molecule has 2 rings (SSSR count). The number of rotatable bonds is 4. The van der Waals surface area contributed by atoms with Crippen LogP contribution in [-0.2, 0) is 11.0 Å². The van der Waals surface area contributed by atoms with Gasteiger partial charge in [-0.05, 0) is 18.2 Å². The van der Waals surface area contributed by atoms with Crippen molar-refractivity contribution < 1.29 is 22.4 Å². The first-order valence-electron chi connectivity index (χ1n) is 5.64. The van der Waals surface area contributed by atoms with Crippen LogP contribution in [0, 0.1) is 5.82 Å². The van der Waals surface area contributed by atoms with Crippen LogP contribution in [-0.4, -0.2) is 21.9 Å². The summed E-state index contributed by atoms with van der Waals surface area (Å²) < 4.78 is 51.7. The molecule has 1 aromatic heterocycles. The number of amides is 1. The number of carbonyl (C=O) groups excluding carboxylic acids is 1. The van der Waals surface area contributed by atoms with E-state index in [0.29, 0.717) is 10.4 Å². The Bertz CT molecular complexity index is 689. The van der Waals surface area contributed by atoms with Gasteiger partial charge in [-0.25, -0.2) is 4.39 Å². The van der Waals surface area contributed by atoms with Gasteiger partial charge in [0.2, 0.25) is 11.0 Å². The molecule has 0 aliphatic heterocycles. The van der Waals surface area contributed by atoms with Gasteiger partial charge in [-0.15, -0.1) is 10.2 Å². The summed E-state index contributed by atoms with van der Waals surface area (Å²) in [5.74, 6) is -1.90. The number of carbonyl (C=O) groups is 1. The number of benzene rings is 1. The molecule has 118 valence electrons. The van der Waals surface area contributed by atoms with Crippen molar-refractivity contribution in [2.45, 2.75) is 10.5 Å². The molecule has 0 radical (unpaired) electrons. The minimum Gasteiger partial charge on any atom is -0.374 e. The predicted molar refractivity (Wildman–Crippen MR) is 75.1 cm³/mol. The van der Waals surface area contributed by atoms with Crippen molar-refractivity contribution in [3.05, 3.63) is 29.6 Å². The molecule has 0 atom stereocenters. The van der Waals surface area contributed by atoms with Crippen molar-refractivity contribution >= 4 is 39.8 Å². The fourth-order valence-electron chi connectivity index (χ4n) is 1.45. The Balaban J connectivity index is 2.05. The summed E-state index contributed by atoms with van der Waals surface area (Å²) >= 11 is 2.04. The largest absolute Gasteiger partial charge is 0.418 e. The highest BCUT2D eigenvalue weighted by molar-refractivity contribution is 8.01. The molecule has 0 fully saturated rings. The summed E-state index contributed by atoms with van der Waals surface area (Å²) in [6.07, 6.45) is -4.77. The van der Waals surface area contributed by atoms with E-state index in [4.69, 9.17) is 5.73 Å². The van der Waals surface area contributed by atoms with Crippen LogP contribution in [0.1, 0.15) is 5.56 Å².